The normalized spacial score (nSPS) is 23.1. The molecule has 1 fully saturated rings. The molecule has 0 bridgehead atoms. The van der Waals surface area contributed by atoms with Crippen molar-refractivity contribution in [1.29, 1.82) is 0 Å². The topological polar surface area (TPSA) is 54.0 Å². The van der Waals surface area contributed by atoms with Crippen molar-refractivity contribution in [2.45, 2.75) is 26.3 Å². The van der Waals surface area contributed by atoms with Crippen LogP contribution in [0.25, 0.3) is 0 Å². The SMILES string of the molecule is CC1(C)CNCCC1NC(=O)c1cccnc1. The van der Waals surface area contributed by atoms with Crippen molar-refractivity contribution in [2.75, 3.05) is 13.1 Å². The molecule has 92 valence electrons. The molecular formula is C13H19N3O. The van der Waals surface area contributed by atoms with E-state index in [4.69, 9.17) is 0 Å². The molecule has 1 unspecified atom stereocenters. The quantitative estimate of drug-likeness (QED) is 0.807. The number of amides is 1. The number of nitrogens with one attached hydrogen (secondary N) is 2. The van der Waals surface area contributed by atoms with Crippen LogP contribution in [0.15, 0.2) is 24.5 Å². The highest BCUT2D eigenvalue weighted by molar-refractivity contribution is 5.94. The minimum Gasteiger partial charge on any atom is -0.349 e. The predicted octanol–water partition coefficient (Wildman–Crippen LogP) is 1.20. The van der Waals surface area contributed by atoms with Gasteiger partial charge >= 0.3 is 0 Å². The number of piperidine rings is 1. The summed E-state index contributed by atoms with van der Waals surface area (Å²) in [4.78, 5) is 16.0. The van der Waals surface area contributed by atoms with Crippen molar-refractivity contribution >= 4 is 5.91 Å². The van der Waals surface area contributed by atoms with Crippen LogP contribution < -0.4 is 10.6 Å². The van der Waals surface area contributed by atoms with Crippen LogP contribution in [0.1, 0.15) is 30.6 Å². The van der Waals surface area contributed by atoms with Gasteiger partial charge in [-0.3, -0.25) is 9.78 Å². The van der Waals surface area contributed by atoms with Gasteiger partial charge in [0.05, 0.1) is 5.56 Å². The third kappa shape index (κ3) is 2.82. The van der Waals surface area contributed by atoms with Crippen molar-refractivity contribution in [3.8, 4) is 0 Å². The fourth-order valence-electron chi connectivity index (χ4n) is 2.18. The minimum atomic E-state index is -0.0296. The lowest BCUT2D eigenvalue weighted by atomic mass is 9.80. The summed E-state index contributed by atoms with van der Waals surface area (Å²) in [6, 6.07) is 3.79. The van der Waals surface area contributed by atoms with E-state index in [1.807, 2.05) is 0 Å². The van der Waals surface area contributed by atoms with Gasteiger partial charge in [-0.05, 0) is 30.5 Å². The molecule has 1 saturated heterocycles. The molecule has 0 saturated carbocycles. The summed E-state index contributed by atoms with van der Waals surface area (Å²) in [6.07, 6.45) is 4.24. The van der Waals surface area contributed by atoms with Gasteiger partial charge in [0.15, 0.2) is 0 Å². The van der Waals surface area contributed by atoms with Gasteiger partial charge in [0.2, 0.25) is 0 Å². The molecule has 0 spiro atoms. The van der Waals surface area contributed by atoms with Gasteiger partial charge in [-0.1, -0.05) is 13.8 Å². The van der Waals surface area contributed by atoms with Crippen LogP contribution in [0.3, 0.4) is 0 Å². The number of carbonyl (C=O) groups is 1. The molecule has 0 aromatic carbocycles. The first-order valence-corrected chi connectivity index (χ1v) is 6.01. The fourth-order valence-corrected chi connectivity index (χ4v) is 2.18. The second-order valence-corrected chi connectivity index (χ2v) is 5.22. The predicted molar refractivity (Wildman–Crippen MR) is 66.8 cm³/mol. The Hall–Kier alpha value is -1.42. The Morgan fingerprint density at radius 3 is 3.06 bits per heavy atom. The Bertz CT molecular complexity index is 389. The fraction of sp³-hybridized carbons (Fsp3) is 0.538. The van der Waals surface area contributed by atoms with E-state index in [1.54, 1.807) is 24.5 Å². The van der Waals surface area contributed by atoms with Crippen LogP contribution in [-0.4, -0.2) is 30.0 Å². The standard InChI is InChI=1S/C13H19N3O/c1-13(2)9-15-7-5-11(13)16-12(17)10-4-3-6-14-8-10/h3-4,6,8,11,15H,5,7,9H2,1-2H3,(H,16,17). The van der Waals surface area contributed by atoms with Crippen LogP contribution in [0.5, 0.6) is 0 Å². The first-order chi connectivity index (χ1) is 8.09. The van der Waals surface area contributed by atoms with Gasteiger partial charge in [-0.25, -0.2) is 0 Å². The molecule has 1 aromatic rings. The van der Waals surface area contributed by atoms with Crippen molar-refractivity contribution < 1.29 is 4.79 Å². The van der Waals surface area contributed by atoms with Gasteiger partial charge in [0.1, 0.15) is 0 Å². The van der Waals surface area contributed by atoms with E-state index in [1.165, 1.54) is 0 Å². The second-order valence-electron chi connectivity index (χ2n) is 5.22. The highest BCUT2D eigenvalue weighted by Crippen LogP contribution is 2.25. The van der Waals surface area contributed by atoms with Crippen LogP contribution in [0, 0.1) is 5.41 Å². The van der Waals surface area contributed by atoms with E-state index in [2.05, 4.69) is 29.5 Å². The average Bonchev–Trinajstić information content (AvgIpc) is 2.33. The Morgan fingerprint density at radius 1 is 1.59 bits per heavy atom. The molecule has 4 nitrogen and oxygen atoms in total. The highest BCUT2D eigenvalue weighted by atomic mass is 16.1. The maximum atomic E-state index is 12.0. The summed E-state index contributed by atoms with van der Waals surface area (Å²) in [6.45, 7) is 6.24. The summed E-state index contributed by atoms with van der Waals surface area (Å²) in [5.74, 6) is -0.0296. The molecule has 17 heavy (non-hydrogen) atoms. The molecule has 2 heterocycles. The zero-order chi connectivity index (χ0) is 12.3. The number of hydrogen-bond acceptors (Lipinski definition) is 3. The van der Waals surface area contributed by atoms with E-state index < -0.39 is 0 Å². The highest BCUT2D eigenvalue weighted by Gasteiger charge is 2.33. The minimum absolute atomic E-state index is 0.0296. The largest absolute Gasteiger partial charge is 0.349 e. The lowest BCUT2D eigenvalue weighted by molar-refractivity contribution is 0.0868. The van der Waals surface area contributed by atoms with Crippen LogP contribution in [0.2, 0.25) is 0 Å². The third-order valence-electron chi connectivity index (χ3n) is 3.36. The Kier molecular flexibility index (Phi) is 3.43. The summed E-state index contributed by atoms with van der Waals surface area (Å²) < 4.78 is 0. The monoisotopic (exact) mass is 233 g/mol. The van der Waals surface area contributed by atoms with E-state index in [-0.39, 0.29) is 17.4 Å². The summed E-state index contributed by atoms with van der Waals surface area (Å²) in [5.41, 5.74) is 0.720. The molecule has 1 aliphatic heterocycles. The summed E-state index contributed by atoms with van der Waals surface area (Å²) >= 11 is 0. The molecule has 0 radical (unpaired) electrons. The number of carbonyl (C=O) groups excluding carboxylic acids is 1. The van der Waals surface area contributed by atoms with E-state index in [0.717, 1.165) is 19.5 Å². The average molecular weight is 233 g/mol. The summed E-state index contributed by atoms with van der Waals surface area (Å²) in [5, 5.41) is 6.46. The van der Waals surface area contributed by atoms with Crippen LogP contribution in [0.4, 0.5) is 0 Å². The van der Waals surface area contributed by atoms with Crippen molar-refractivity contribution in [3.63, 3.8) is 0 Å². The smallest absolute Gasteiger partial charge is 0.253 e. The van der Waals surface area contributed by atoms with Gasteiger partial charge in [-0.2, -0.15) is 0 Å². The van der Waals surface area contributed by atoms with Gasteiger partial charge in [-0.15, -0.1) is 0 Å². The molecule has 0 aliphatic carbocycles. The van der Waals surface area contributed by atoms with Crippen LogP contribution in [-0.2, 0) is 0 Å². The van der Waals surface area contributed by atoms with E-state index in [0.29, 0.717) is 5.56 Å². The molecular weight excluding hydrogens is 214 g/mol. The molecule has 1 amide bonds. The number of nitrogens with zero attached hydrogens (tertiary/aromatic N) is 1. The molecule has 2 rings (SSSR count). The summed E-state index contributed by atoms with van der Waals surface area (Å²) in [7, 11) is 0. The zero-order valence-corrected chi connectivity index (χ0v) is 10.4. The molecule has 1 aromatic heterocycles. The molecule has 4 heteroatoms. The maximum Gasteiger partial charge on any atom is 0.253 e. The first-order valence-electron chi connectivity index (χ1n) is 6.01. The van der Waals surface area contributed by atoms with Gasteiger partial charge in [0.25, 0.3) is 5.91 Å². The number of pyridine rings is 1. The number of hydrogen-bond donors (Lipinski definition) is 2. The Balaban J connectivity index is 2.03. The third-order valence-corrected chi connectivity index (χ3v) is 3.36. The maximum absolute atomic E-state index is 12.0. The molecule has 1 atom stereocenters. The Morgan fingerprint density at radius 2 is 2.41 bits per heavy atom. The Labute approximate surface area is 102 Å². The van der Waals surface area contributed by atoms with E-state index >= 15 is 0 Å². The lowest BCUT2D eigenvalue weighted by Crippen LogP contribution is -2.54. The van der Waals surface area contributed by atoms with Crippen molar-refractivity contribution in [2.24, 2.45) is 5.41 Å². The lowest BCUT2D eigenvalue weighted by Gasteiger charge is -2.39. The number of aromatic nitrogens is 1. The molecule has 2 N–H and O–H groups in total. The van der Waals surface area contributed by atoms with Crippen molar-refractivity contribution in [1.82, 2.24) is 15.6 Å². The van der Waals surface area contributed by atoms with Crippen molar-refractivity contribution in [3.05, 3.63) is 30.1 Å². The van der Waals surface area contributed by atoms with Gasteiger partial charge in [0, 0.05) is 25.0 Å². The van der Waals surface area contributed by atoms with E-state index in [9.17, 15) is 4.79 Å². The zero-order valence-electron chi connectivity index (χ0n) is 10.4. The number of rotatable bonds is 2. The molecule has 1 aliphatic rings. The van der Waals surface area contributed by atoms with Gasteiger partial charge < -0.3 is 10.6 Å². The first kappa shape index (κ1) is 12.0. The second kappa shape index (κ2) is 4.84. The van der Waals surface area contributed by atoms with Crippen LogP contribution >= 0.6 is 0 Å².